The second kappa shape index (κ2) is 6.04. The van der Waals surface area contributed by atoms with Crippen LogP contribution in [0.3, 0.4) is 0 Å². The molecule has 20 heavy (non-hydrogen) atoms. The Kier molecular flexibility index (Phi) is 4.38. The van der Waals surface area contributed by atoms with Crippen LogP contribution in [0.25, 0.3) is 10.9 Å². The summed E-state index contributed by atoms with van der Waals surface area (Å²) in [5.74, 6) is 2.44. The number of nitrogens with zero attached hydrogens (tertiary/aromatic N) is 2. The highest BCUT2D eigenvalue weighted by molar-refractivity contribution is 7.89. The van der Waals surface area contributed by atoms with E-state index in [1.54, 1.807) is 13.1 Å². The van der Waals surface area contributed by atoms with Crippen molar-refractivity contribution in [2.75, 3.05) is 12.3 Å². The molecule has 0 bridgehead atoms. The Labute approximate surface area is 119 Å². The number of rotatable bonds is 5. The zero-order valence-electron chi connectivity index (χ0n) is 11.3. The summed E-state index contributed by atoms with van der Waals surface area (Å²) < 4.78 is 25.4. The number of hydrogen-bond acceptors (Lipinski definition) is 3. The van der Waals surface area contributed by atoms with Gasteiger partial charge >= 0.3 is 0 Å². The van der Waals surface area contributed by atoms with Crippen LogP contribution < -0.4 is 0 Å². The Balaban J connectivity index is 2.42. The zero-order chi connectivity index (χ0) is 14.6. The maximum Gasteiger partial charge on any atom is 0.215 e. The molecular weight excluding hydrogens is 272 g/mol. The van der Waals surface area contributed by atoms with Crippen LogP contribution in [0, 0.1) is 12.3 Å². The monoisotopic (exact) mass is 288 g/mol. The second-order valence-corrected chi connectivity index (χ2v) is 6.62. The zero-order valence-corrected chi connectivity index (χ0v) is 12.1. The van der Waals surface area contributed by atoms with Crippen molar-refractivity contribution in [1.29, 1.82) is 0 Å². The Hall–Kier alpha value is -1.90. The lowest BCUT2D eigenvalue weighted by Crippen LogP contribution is -2.32. The van der Waals surface area contributed by atoms with E-state index in [1.807, 2.05) is 30.3 Å². The maximum atomic E-state index is 12.0. The van der Waals surface area contributed by atoms with Crippen molar-refractivity contribution in [2.45, 2.75) is 13.5 Å². The molecular formula is C15H16N2O2S. The summed E-state index contributed by atoms with van der Waals surface area (Å²) in [7, 11) is -3.33. The first-order valence-electron chi connectivity index (χ1n) is 6.32. The molecule has 0 aliphatic carbocycles. The fourth-order valence-corrected chi connectivity index (χ4v) is 2.99. The predicted octanol–water partition coefficient (Wildman–Crippen LogP) is 2.02. The average Bonchev–Trinajstić information content (AvgIpc) is 2.47. The summed E-state index contributed by atoms with van der Waals surface area (Å²) in [5, 5.41) is 0.986. The number of hydrogen-bond donors (Lipinski definition) is 0. The van der Waals surface area contributed by atoms with Crippen LogP contribution in [0.5, 0.6) is 0 Å². The van der Waals surface area contributed by atoms with Gasteiger partial charge in [0.2, 0.25) is 10.0 Å². The first-order valence-corrected chi connectivity index (χ1v) is 7.93. The fourth-order valence-electron chi connectivity index (χ4n) is 2.02. The quantitative estimate of drug-likeness (QED) is 0.791. The van der Waals surface area contributed by atoms with Crippen LogP contribution in [0.1, 0.15) is 12.5 Å². The number of para-hydroxylation sites is 1. The molecule has 1 heterocycles. The fraction of sp³-hybridized carbons (Fsp3) is 0.267. The van der Waals surface area contributed by atoms with Crippen molar-refractivity contribution in [3.05, 3.63) is 42.1 Å². The summed E-state index contributed by atoms with van der Waals surface area (Å²) in [4.78, 5) is 4.33. The molecule has 1 aromatic heterocycles. The molecule has 0 fully saturated rings. The van der Waals surface area contributed by atoms with Crippen LogP contribution >= 0.6 is 0 Å². The third-order valence-electron chi connectivity index (χ3n) is 3.09. The molecule has 0 aliphatic rings. The molecule has 1 aromatic carbocycles. The standard InChI is InChI=1S/C15H16N2O2S/c1-3-11-17(20(18,19)4-2)12-14-8-5-7-13-9-6-10-16-15(13)14/h1,5-10H,4,11-12H2,2H3. The van der Waals surface area contributed by atoms with Crippen molar-refractivity contribution >= 4 is 20.9 Å². The van der Waals surface area contributed by atoms with E-state index in [0.29, 0.717) is 0 Å². The van der Waals surface area contributed by atoms with Gasteiger partial charge in [-0.1, -0.05) is 30.2 Å². The first kappa shape index (κ1) is 14.5. The second-order valence-electron chi connectivity index (χ2n) is 4.37. The van der Waals surface area contributed by atoms with Gasteiger partial charge in [0.25, 0.3) is 0 Å². The van der Waals surface area contributed by atoms with Crippen LogP contribution in [0.4, 0.5) is 0 Å². The molecule has 0 radical (unpaired) electrons. The third-order valence-corrected chi connectivity index (χ3v) is 4.86. The van der Waals surface area contributed by atoms with Crippen LogP contribution in [0.15, 0.2) is 36.5 Å². The minimum atomic E-state index is -3.33. The number of pyridine rings is 1. The molecule has 0 N–H and O–H groups in total. The van der Waals surface area contributed by atoms with Gasteiger partial charge in [0, 0.05) is 18.1 Å². The Morgan fingerprint density at radius 2 is 2.05 bits per heavy atom. The van der Waals surface area contributed by atoms with Gasteiger partial charge < -0.3 is 0 Å². The van der Waals surface area contributed by atoms with E-state index in [9.17, 15) is 8.42 Å². The summed E-state index contributed by atoms with van der Waals surface area (Å²) in [6.45, 7) is 1.92. The van der Waals surface area contributed by atoms with Crippen molar-refractivity contribution in [2.24, 2.45) is 0 Å². The molecule has 2 aromatic rings. The van der Waals surface area contributed by atoms with E-state index < -0.39 is 10.0 Å². The first-order chi connectivity index (χ1) is 9.58. The van der Waals surface area contributed by atoms with Gasteiger partial charge in [-0.05, 0) is 18.6 Å². The van der Waals surface area contributed by atoms with Gasteiger partial charge in [-0.15, -0.1) is 6.42 Å². The molecule has 0 aliphatic heterocycles. The van der Waals surface area contributed by atoms with E-state index in [1.165, 1.54) is 4.31 Å². The van der Waals surface area contributed by atoms with Crippen LogP contribution in [0.2, 0.25) is 0 Å². The van der Waals surface area contributed by atoms with Gasteiger partial charge in [0.05, 0.1) is 17.8 Å². The molecule has 4 nitrogen and oxygen atoms in total. The summed E-state index contributed by atoms with van der Waals surface area (Å²) in [6.07, 6.45) is 6.98. The van der Waals surface area contributed by atoms with Gasteiger partial charge in [-0.3, -0.25) is 4.98 Å². The van der Waals surface area contributed by atoms with Crippen molar-refractivity contribution in [3.63, 3.8) is 0 Å². The molecule has 104 valence electrons. The van der Waals surface area contributed by atoms with E-state index in [0.717, 1.165) is 16.5 Å². The molecule has 0 spiro atoms. The Bertz CT molecular complexity index is 743. The lowest BCUT2D eigenvalue weighted by molar-refractivity contribution is 0.445. The van der Waals surface area contributed by atoms with Crippen molar-refractivity contribution in [3.8, 4) is 12.3 Å². The van der Waals surface area contributed by atoms with E-state index in [-0.39, 0.29) is 18.8 Å². The smallest absolute Gasteiger partial charge is 0.215 e. The Morgan fingerprint density at radius 1 is 1.30 bits per heavy atom. The highest BCUT2D eigenvalue weighted by Crippen LogP contribution is 2.19. The molecule has 2 rings (SSSR count). The summed E-state index contributed by atoms with van der Waals surface area (Å²) in [5.41, 5.74) is 1.67. The normalized spacial score (nSPS) is 11.7. The largest absolute Gasteiger partial charge is 0.256 e. The summed E-state index contributed by atoms with van der Waals surface area (Å²) in [6, 6.07) is 9.53. The van der Waals surface area contributed by atoms with E-state index in [2.05, 4.69) is 10.9 Å². The molecule has 0 atom stereocenters. The van der Waals surface area contributed by atoms with Crippen LogP contribution in [-0.4, -0.2) is 30.0 Å². The van der Waals surface area contributed by atoms with Crippen molar-refractivity contribution < 1.29 is 8.42 Å². The highest BCUT2D eigenvalue weighted by Gasteiger charge is 2.20. The molecule has 0 amide bonds. The third kappa shape index (κ3) is 2.98. The average molecular weight is 288 g/mol. The molecule has 0 unspecified atom stereocenters. The number of aromatic nitrogens is 1. The molecule has 5 heteroatoms. The SMILES string of the molecule is C#CCN(Cc1cccc2cccnc12)S(=O)(=O)CC. The van der Waals surface area contributed by atoms with Crippen molar-refractivity contribution in [1.82, 2.24) is 9.29 Å². The minimum absolute atomic E-state index is 0.0346. The maximum absolute atomic E-state index is 12.0. The van der Waals surface area contributed by atoms with Gasteiger partial charge in [-0.2, -0.15) is 4.31 Å². The van der Waals surface area contributed by atoms with Gasteiger partial charge in [-0.25, -0.2) is 8.42 Å². The molecule has 0 saturated carbocycles. The van der Waals surface area contributed by atoms with Crippen LogP contribution in [-0.2, 0) is 16.6 Å². The number of benzene rings is 1. The summed E-state index contributed by atoms with van der Waals surface area (Å²) >= 11 is 0. The minimum Gasteiger partial charge on any atom is -0.256 e. The Morgan fingerprint density at radius 3 is 2.75 bits per heavy atom. The van der Waals surface area contributed by atoms with Gasteiger partial charge in [0.1, 0.15) is 0 Å². The van der Waals surface area contributed by atoms with E-state index in [4.69, 9.17) is 6.42 Å². The lowest BCUT2D eigenvalue weighted by Gasteiger charge is -2.19. The van der Waals surface area contributed by atoms with Gasteiger partial charge in [0.15, 0.2) is 0 Å². The predicted molar refractivity (Wildman–Crippen MR) is 80.4 cm³/mol. The topological polar surface area (TPSA) is 50.3 Å². The highest BCUT2D eigenvalue weighted by atomic mass is 32.2. The number of fused-ring (bicyclic) bond motifs is 1. The lowest BCUT2D eigenvalue weighted by atomic mass is 10.1. The van der Waals surface area contributed by atoms with E-state index >= 15 is 0 Å². The number of sulfonamides is 1. The molecule has 0 saturated heterocycles. The number of terminal acetylenes is 1.